The molecule has 4 nitrogen and oxygen atoms in total. The first-order valence-corrected chi connectivity index (χ1v) is 7.17. The van der Waals surface area contributed by atoms with Crippen LogP contribution < -0.4 is 5.32 Å². The van der Waals surface area contributed by atoms with Crippen molar-refractivity contribution in [3.05, 3.63) is 65.2 Å². The van der Waals surface area contributed by atoms with Gasteiger partial charge in [0.15, 0.2) is 11.6 Å². The number of ether oxygens (including phenoxy) is 1. The average Bonchev–Trinajstić information content (AvgIpc) is 2.57. The zero-order valence-corrected chi connectivity index (χ0v) is 12.7. The number of phenolic OH excluding ortho intramolecular Hbond substituents is 1. The monoisotopic (exact) mass is 331 g/mol. The molecule has 0 saturated carbocycles. The highest BCUT2D eigenvalue weighted by Crippen LogP contribution is 2.21. The highest BCUT2D eigenvalue weighted by molar-refractivity contribution is 5.67. The number of rotatable bonds is 4. The molecule has 24 heavy (non-hydrogen) atoms. The molecule has 0 saturated heterocycles. The number of carbonyl (C=O) groups excluding carboxylic acids is 1. The smallest absolute Gasteiger partial charge is 0.407 e. The molecule has 124 valence electrons. The van der Waals surface area contributed by atoms with Gasteiger partial charge in [-0.15, -0.1) is 0 Å². The standard InChI is InChI=1S/C18H15F2NO3/c19-15-10-14(17(22)16(20)11-15)8-4-5-9-21-18(23)24-12-13-6-2-1-3-7-13/h1-3,6-7,10-11,22H,5,9,12H2,(H,21,23). The van der Waals surface area contributed by atoms with Gasteiger partial charge in [0.05, 0.1) is 5.56 Å². The minimum Gasteiger partial charge on any atom is -0.504 e. The minimum atomic E-state index is -1.07. The fourth-order valence-corrected chi connectivity index (χ4v) is 1.82. The summed E-state index contributed by atoms with van der Waals surface area (Å²) in [7, 11) is 0. The van der Waals surface area contributed by atoms with E-state index >= 15 is 0 Å². The number of hydrogen-bond donors (Lipinski definition) is 2. The second-order valence-electron chi connectivity index (χ2n) is 4.82. The van der Waals surface area contributed by atoms with E-state index in [4.69, 9.17) is 4.74 Å². The Bertz CT molecular complexity index is 767. The van der Waals surface area contributed by atoms with Crippen LogP contribution in [0.1, 0.15) is 17.5 Å². The van der Waals surface area contributed by atoms with Gasteiger partial charge >= 0.3 is 6.09 Å². The van der Waals surface area contributed by atoms with Gasteiger partial charge in [-0.2, -0.15) is 0 Å². The summed E-state index contributed by atoms with van der Waals surface area (Å²) in [5.74, 6) is 2.48. The van der Waals surface area contributed by atoms with E-state index < -0.39 is 23.5 Å². The van der Waals surface area contributed by atoms with Crippen molar-refractivity contribution >= 4 is 6.09 Å². The second-order valence-corrected chi connectivity index (χ2v) is 4.82. The molecule has 0 fully saturated rings. The van der Waals surface area contributed by atoms with Crippen molar-refractivity contribution in [2.45, 2.75) is 13.0 Å². The molecule has 0 radical (unpaired) electrons. The topological polar surface area (TPSA) is 58.6 Å². The van der Waals surface area contributed by atoms with Crippen LogP contribution in [0.5, 0.6) is 5.75 Å². The SMILES string of the molecule is O=C(NCCC#Cc1cc(F)cc(F)c1O)OCc1ccccc1. The fourth-order valence-electron chi connectivity index (χ4n) is 1.82. The summed E-state index contributed by atoms with van der Waals surface area (Å²) in [6.45, 7) is 0.369. The quantitative estimate of drug-likeness (QED) is 0.667. The van der Waals surface area contributed by atoms with Crippen LogP contribution in [0.15, 0.2) is 42.5 Å². The molecule has 2 rings (SSSR count). The van der Waals surface area contributed by atoms with E-state index in [2.05, 4.69) is 17.2 Å². The Hall–Kier alpha value is -3.07. The highest BCUT2D eigenvalue weighted by Gasteiger charge is 2.07. The van der Waals surface area contributed by atoms with Gasteiger partial charge < -0.3 is 15.2 Å². The van der Waals surface area contributed by atoms with Crippen LogP contribution in [0, 0.1) is 23.5 Å². The number of halogens is 2. The van der Waals surface area contributed by atoms with Crippen molar-refractivity contribution in [1.29, 1.82) is 0 Å². The van der Waals surface area contributed by atoms with Gasteiger partial charge in [0.2, 0.25) is 0 Å². The van der Waals surface area contributed by atoms with Gasteiger partial charge in [0.1, 0.15) is 12.4 Å². The number of benzene rings is 2. The molecule has 0 atom stereocenters. The lowest BCUT2D eigenvalue weighted by Crippen LogP contribution is -2.24. The fraction of sp³-hybridized carbons (Fsp3) is 0.167. The van der Waals surface area contributed by atoms with Gasteiger partial charge in [-0.05, 0) is 11.6 Å². The number of nitrogens with one attached hydrogen (secondary N) is 1. The summed E-state index contributed by atoms with van der Waals surface area (Å²) in [5, 5.41) is 11.9. The number of carbonyl (C=O) groups is 1. The van der Waals surface area contributed by atoms with Crippen LogP contribution in [0.4, 0.5) is 13.6 Å². The predicted octanol–water partition coefficient (Wildman–Crippen LogP) is 3.34. The van der Waals surface area contributed by atoms with E-state index in [0.717, 1.165) is 11.6 Å². The summed E-state index contributed by atoms with van der Waals surface area (Å²) in [6.07, 6.45) is -0.349. The maximum Gasteiger partial charge on any atom is 0.407 e. The molecular formula is C18H15F2NO3. The molecule has 2 N–H and O–H groups in total. The lowest BCUT2D eigenvalue weighted by Gasteiger charge is -2.05. The van der Waals surface area contributed by atoms with Crippen LogP contribution >= 0.6 is 0 Å². The molecule has 0 spiro atoms. The molecule has 0 aliphatic heterocycles. The van der Waals surface area contributed by atoms with Crippen LogP contribution in [-0.4, -0.2) is 17.7 Å². The molecule has 2 aromatic rings. The van der Waals surface area contributed by atoms with Crippen molar-refractivity contribution in [3.63, 3.8) is 0 Å². The average molecular weight is 331 g/mol. The summed E-state index contributed by atoms with van der Waals surface area (Å²) in [6, 6.07) is 10.7. The van der Waals surface area contributed by atoms with Crippen molar-refractivity contribution in [3.8, 4) is 17.6 Å². The van der Waals surface area contributed by atoms with Crippen LogP contribution in [0.3, 0.4) is 0 Å². The van der Waals surface area contributed by atoms with E-state index in [-0.39, 0.29) is 25.1 Å². The van der Waals surface area contributed by atoms with Gasteiger partial charge in [-0.3, -0.25) is 0 Å². The highest BCUT2D eigenvalue weighted by atomic mass is 19.1. The van der Waals surface area contributed by atoms with E-state index in [0.29, 0.717) is 6.07 Å². The van der Waals surface area contributed by atoms with Crippen LogP contribution in [-0.2, 0) is 11.3 Å². The van der Waals surface area contributed by atoms with E-state index in [1.807, 2.05) is 30.3 Å². The molecule has 1 amide bonds. The summed E-state index contributed by atoms with van der Waals surface area (Å²) in [5.41, 5.74) is 0.732. The molecular weight excluding hydrogens is 316 g/mol. The van der Waals surface area contributed by atoms with Gasteiger partial charge in [-0.1, -0.05) is 42.2 Å². The van der Waals surface area contributed by atoms with Gasteiger partial charge in [-0.25, -0.2) is 13.6 Å². The third-order valence-corrected chi connectivity index (χ3v) is 2.98. The zero-order chi connectivity index (χ0) is 17.4. The molecule has 6 heteroatoms. The lowest BCUT2D eigenvalue weighted by molar-refractivity contribution is 0.140. The van der Waals surface area contributed by atoms with Crippen molar-refractivity contribution in [2.75, 3.05) is 6.54 Å². The van der Waals surface area contributed by atoms with Crippen LogP contribution in [0.25, 0.3) is 0 Å². The normalized spacial score (nSPS) is 9.75. The van der Waals surface area contributed by atoms with E-state index in [9.17, 15) is 18.7 Å². The number of hydrogen-bond acceptors (Lipinski definition) is 3. The third-order valence-electron chi connectivity index (χ3n) is 2.98. The number of phenols is 1. The van der Waals surface area contributed by atoms with Crippen molar-refractivity contribution in [2.24, 2.45) is 0 Å². The molecule has 0 aromatic heterocycles. The predicted molar refractivity (Wildman–Crippen MR) is 84.1 cm³/mol. The van der Waals surface area contributed by atoms with Crippen LogP contribution in [0.2, 0.25) is 0 Å². The van der Waals surface area contributed by atoms with Crippen molar-refractivity contribution < 1.29 is 23.4 Å². The third kappa shape index (κ3) is 5.29. The molecule has 0 bridgehead atoms. The Morgan fingerprint density at radius 1 is 1.21 bits per heavy atom. The number of aromatic hydroxyl groups is 1. The Morgan fingerprint density at radius 2 is 1.96 bits per heavy atom. The first-order chi connectivity index (χ1) is 11.6. The molecule has 0 aliphatic carbocycles. The van der Waals surface area contributed by atoms with Gasteiger partial charge in [0.25, 0.3) is 0 Å². The minimum absolute atomic E-state index is 0.140. The Balaban J connectivity index is 1.74. The summed E-state index contributed by atoms with van der Waals surface area (Å²) < 4.78 is 31.1. The zero-order valence-electron chi connectivity index (χ0n) is 12.7. The molecule has 0 aliphatic rings. The second kappa shape index (κ2) is 8.53. The lowest BCUT2D eigenvalue weighted by atomic mass is 10.2. The Labute approximate surface area is 138 Å². The maximum absolute atomic E-state index is 13.1. The van der Waals surface area contributed by atoms with Gasteiger partial charge in [0, 0.05) is 19.0 Å². The first kappa shape index (κ1) is 17.3. The van der Waals surface area contributed by atoms with E-state index in [1.54, 1.807) is 0 Å². The number of alkyl carbamates (subject to hydrolysis) is 1. The summed E-state index contributed by atoms with van der Waals surface area (Å²) in [4.78, 5) is 11.5. The number of amides is 1. The molecule has 0 unspecified atom stereocenters. The summed E-state index contributed by atoms with van der Waals surface area (Å²) >= 11 is 0. The Morgan fingerprint density at radius 3 is 2.71 bits per heavy atom. The Kier molecular flexibility index (Phi) is 6.15. The first-order valence-electron chi connectivity index (χ1n) is 7.17. The maximum atomic E-state index is 13.1. The van der Waals surface area contributed by atoms with E-state index in [1.165, 1.54) is 0 Å². The molecule has 0 heterocycles. The largest absolute Gasteiger partial charge is 0.504 e. The molecule has 2 aromatic carbocycles. The van der Waals surface area contributed by atoms with Crippen molar-refractivity contribution in [1.82, 2.24) is 5.32 Å².